The molecule has 2 aromatic rings. The van der Waals surface area contributed by atoms with Crippen molar-refractivity contribution in [3.63, 3.8) is 0 Å². The maximum Gasteiger partial charge on any atom is 0.303 e. The van der Waals surface area contributed by atoms with Gasteiger partial charge in [-0.1, -0.05) is 46.6 Å². The number of benzene rings is 2. The summed E-state index contributed by atoms with van der Waals surface area (Å²) in [6.07, 6.45) is 1.37. The van der Waals surface area contributed by atoms with Crippen molar-refractivity contribution < 1.29 is 29.5 Å². The Morgan fingerprint density at radius 2 is 1.76 bits per heavy atom. The smallest absolute Gasteiger partial charge is 0.303 e. The van der Waals surface area contributed by atoms with Crippen molar-refractivity contribution in [1.29, 1.82) is 0 Å². The van der Waals surface area contributed by atoms with Crippen LogP contribution in [0.4, 0.5) is 5.69 Å². The molecule has 0 saturated carbocycles. The molecule has 0 radical (unpaired) electrons. The van der Waals surface area contributed by atoms with Gasteiger partial charge < -0.3 is 15.1 Å². The maximum atomic E-state index is 12.9. The van der Waals surface area contributed by atoms with Crippen molar-refractivity contribution in [3.8, 4) is 0 Å². The summed E-state index contributed by atoms with van der Waals surface area (Å²) in [5.41, 5.74) is 0.303. The number of nitro groups is 1. The van der Waals surface area contributed by atoms with E-state index in [1.165, 1.54) is 23.1 Å². The van der Waals surface area contributed by atoms with E-state index < -0.39 is 28.6 Å². The van der Waals surface area contributed by atoms with Gasteiger partial charge in [-0.25, -0.2) is 0 Å². The number of aliphatic hydroxyl groups is 1. The fourth-order valence-corrected chi connectivity index (χ4v) is 4.03. The Morgan fingerprint density at radius 1 is 1.06 bits per heavy atom. The van der Waals surface area contributed by atoms with E-state index in [9.17, 15) is 29.6 Å². The lowest BCUT2D eigenvalue weighted by molar-refractivity contribution is -0.384. The molecule has 9 nitrogen and oxygen atoms in total. The van der Waals surface area contributed by atoms with Crippen LogP contribution in [0.1, 0.15) is 42.9 Å². The van der Waals surface area contributed by atoms with Crippen molar-refractivity contribution in [2.24, 2.45) is 0 Å². The number of hydrogen-bond acceptors (Lipinski definition) is 6. The summed E-state index contributed by atoms with van der Waals surface area (Å²) in [7, 11) is 0. The normalized spacial score (nSPS) is 17.4. The van der Waals surface area contributed by atoms with E-state index in [-0.39, 0.29) is 30.0 Å². The fourth-order valence-electron chi connectivity index (χ4n) is 3.76. The van der Waals surface area contributed by atoms with Gasteiger partial charge in [0.15, 0.2) is 0 Å². The van der Waals surface area contributed by atoms with E-state index in [0.29, 0.717) is 30.4 Å². The van der Waals surface area contributed by atoms with Crippen LogP contribution in [0.25, 0.3) is 5.76 Å². The SMILES string of the molecule is O=C(O)CCCCCN1C(=O)C(=O)C(=C(O)c2ccc(Br)cc2)[C@H]1c1cccc([N+](=O)[O-])c1. The summed E-state index contributed by atoms with van der Waals surface area (Å²) in [5, 5.41) is 31.0. The molecule has 2 N–H and O–H groups in total. The van der Waals surface area contributed by atoms with Gasteiger partial charge in [0.1, 0.15) is 5.76 Å². The van der Waals surface area contributed by atoms with Gasteiger partial charge in [-0.2, -0.15) is 0 Å². The fraction of sp³-hybridized carbons (Fsp3) is 0.261. The number of carbonyl (C=O) groups excluding carboxylic acids is 2. The highest BCUT2D eigenvalue weighted by Gasteiger charge is 2.46. The lowest BCUT2D eigenvalue weighted by Crippen LogP contribution is -2.30. The number of carboxylic acid groups (broad SMARTS) is 1. The first kappa shape index (κ1) is 24.1. The number of carboxylic acids is 1. The third-order valence-corrected chi connectivity index (χ3v) is 5.87. The van der Waals surface area contributed by atoms with Crippen LogP contribution >= 0.6 is 15.9 Å². The lowest BCUT2D eigenvalue weighted by atomic mass is 9.95. The van der Waals surface area contributed by atoms with E-state index >= 15 is 0 Å². The highest BCUT2D eigenvalue weighted by Crippen LogP contribution is 2.40. The molecule has 1 heterocycles. The van der Waals surface area contributed by atoms with E-state index in [1.54, 1.807) is 30.3 Å². The quantitative estimate of drug-likeness (QED) is 0.125. The van der Waals surface area contributed by atoms with Gasteiger partial charge >= 0.3 is 5.97 Å². The Balaban J connectivity index is 2.02. The summed E-state index contributed by atoms with van der Waals surface area (Å²) in [5.74, 6) is -2.98. The van der Waals surface area contributed by atoms with Crippen molar-refractivity contribution in [1.82, 2.24) is 4.90 Å². The Bertz CT molecular complexity index is 1130. The third-order valence-electron chi connectivity index (χ3n) is 5.34. The van der Waals surface area contributed by atoms with Crippen LogP contribution in [-0.4, -0.2) is 44.2 Å². The van der Waals surface area contributed by atoms with Crippen LogP contribution in [0.2, 0.25) is 0 Å². The summed E-state index contributed by atoms with van der Waals surface area (Å²) in [6.45, 7) is 0.134. The van der Waals surface area contributed by atoms with Gasteiger partial charge in [-0.05, 0) is 30.5 Å². The molecule has 0 bridgehead atoms. The molecule has 2 aromatic carbocycles. The summed E-state index contributed by atoms with van der Waals surface area (Å²) in [6, 6.07) is 11.1. The molecule has 0 aliphatic carbocycles. The first-order chi connectivity index (χ1) is 15.7. The van der Waals surface area contributed by atoms with Gasteiger partial charge in [0.25, 0.3) is 17.4 Å². The molecule has 1 amide bonds. The number of aliphatic carboxylic acids is 1. The Hall–Kier alpha value is -3.53. The number of aliphatic hydroxyl groups excluding tert-OH is 1. The van der Waals surface area contributed by atoms with E-state index in [0.717, 1.165) is 4.47 Å². The van der Waals surface area contributed by atoms with Crippen LogP contribution in [0.3, 0.4) is 0 Å². The minimum atomic E-state index is -1.01. The molecule has 3 rings (SSSR count). The zero-order valence-electron chi connectivity index (χ0n) is 17.4. The first-order valence-corrected chi connectivity index (χ1v) is 11.0. The van der Waals surface area contributed by atoms with Crippen LogP contribution in [0.5, 0.6) is 0 Å². The molecule has 1 saturated heterocycles. The molecule has 1 aliphatic rings. The van der Waals surface area contributed by atoms with E-state index in [1.807, 2.05) is 0 Å². The van der Waals surface area contributed by atoms with Crippen LogP contribution in [0.15, 0.2) is 58.6 Å². The van der Waals surface area contributed by atoms with Crippen molar-refractivity contribution in [3.05, 3.63) is 79.8 Å². The molecule has 0 unspecified atom stereocenters. The van der Waals surface area contributed by atoms with Crippen molar-refractivity contribution in [2.45, 2.75) is 31.7 Å². The molecule has 10 heteroatoms. The molecule has 1 atom stereocenters. The number of unbranched alkanes of at least 4 members (excludes halogenated alkanes) is 2. The number of likely N-dealkylation sites (tertiary alicyclic amines) is 1. The number of nitrogens with zero attached hydrogens (tertiary/aromatic N) is 2. The number of non-ortho nitro benzene ring substituents is 1. The van der Waals surface area contributed by atoms with Crippen molar-refractivity contribution in [2.75, 3.05) is 6.54 Å². The minimum Gasteiger partial charge on any atom is -0.507 e. The van der Waals surface area contributed by atoms with Crippen molar-refractivity contribution >= 4 is 45.0 Å². The zero-order valence-corrected chi connectivity index (χ0v) is 19.0. The second-order valence-electron chi connectivity index (χ2n) is 7.56. The topological polar surface area (TPSA) is 138 Å². The lowest BCUT2D eigenvalue weighted by Gasteiger charge is -2.25. The number of Topliss-reactive ketones (excluding diaryl/α,β-unsaturated/α-hetero) is 1. The van der Waals surface area contributed by atoms with Gasteiger partial charge in [0, 0.05) is 35.1 Å². The van der Waals surface area contributed by atoms with E-state index in [2.05, 4.69) is 15.9 Å². The van der Waals surface area contributed by atoms with Crippen LogP contribution < -0.4 is 0 Å². The number of rotatable bonds is 9. The number of halogens is 1. The number of carbonyl (C=O) groups is 3. The first-order valence-electron chi connectivity index (χ1n) is 10.2. The number of hydrogen-bond donors (Lipinski definition) is 2. The maximum absolute atomic E-state index is 12.9. The summed E-state index contributed by atoms with van der Waals surface area (Å²) >= 11 is 3.30. The predicted molar refractivity (Wildman–Crippen MR) is 122 cm³/mol. The molecular formula is C23H21BrN2O7. The molecule has 33 heavy (non-hydrogen) atoms. The number of ketones is 1. The predicted octanol–water partition coefficient (Wildman–Crippen LogP) is 4.42. The second-order valence-corrected chi connectivity index (χ2v) is 8.47. The minimum absolute atomic E-state index is 0.00328. The molecule has 0 spiro atoms. The molecular weight excluding hydrogens is 496 g/mol. The van der Waals surface area contributed by atoms with Gasteiger partial charge in [-0.3, -0.25) is 24.5 Å². The third kappa shape index (κ3) is 5.46. The molecule has 1 aliphatic heterocycles. The van der Waals surface area contributed by atoms with E-state index in [4.69, 9.17) is 5.11 Å². The van der Waals surface area contributed by atoms with Crippen LogP contribution in [-0.2, 0) is 14.4 Å². The Kier molecular flexibility index (Phi) is 7.59. The van der Waals surface area contributed by atoms with Gasteiger partial charge in [-0.15, -0.1) is 0 Å². The Labute approximate surface area is 197 Å². The molecule has 0 aromatic heterocycles. The van der Waals surface area contributed by atoms with Gasteiger partial charge in [0.2, 0.25) is 0 Å². The second kappa shape index (κ2) is 10.4. The number of nitro benzene ring substituents is 1. The number of amides is 1. The molecule has 172 valence electrons. The largest absolute Gasteiger partial charge is 0.507 e. The highest BCUT2D eigenvalue weighted by molar-refractivity contribution is 9.10. The highest BCUT2D eigenvalue weighted by atomic mass is 79.9. The Morgan fingerprint density at radius 3 is 2.39 bits per heavy atom. The average molecular weight is 517 g/mol. The van der Waals surface area contributed by atoms with Gasteiger partial charge in [0.05, 0.1) is 16.5 Å². The summed E-state index contributed by atoms with van der Waals surface area (Å²) in [4.78, 5) is 48.5. The molecule has 1 fully saturated rings. The average Bonchev–Trinajstić information content (AvgIpc) is 3.03. The summed E-state index contributed by atoms with van der Waals surface area (Å²) < 4.78 is 0.760. The van der Waals surface area contributed by atoms with Crippen LogP contribution in [0, 0.1) is 10.1 Å². The standard InChI is InChI=1S/C23H21BrN2O7/c24-16-10-8-14(9-11-16)21(29)19-20(15-5-4-6-17(13-15)26(32)33)25(23(31)22(19)30)12-3-1-2-7-18(27)28/h4-6,8-11,13,20,29H,1-3,7,12H2,(H,27,28)/t20-/m1/s1. The zero-order chi connectivity index (χ0) is 24.1. The monoisotopic (exact) mass is 516 g/mol.